The molecular formula is C13H18O. The van der Waals surface area contributed by atoms with Gasteiger partial charge in [-0.3, -0.25) is 0 Å². The van der Waals surface area contributed by atoms with E-state index in [4.69, 9.17) is 0 Å². The summed E-state index contributed by atoms with van der Waals surface area (Å²) in [6.07, 6.45) is 3.20. The Morgan fingerprint density at radius 3 is 2.79 bits per heavy atom. The van der Waals surface area contributed by atoms with Gasteiger partial charge in [-0.1, -0.05) is 36.8 Å². The lowest BCUT2D eigenvalue weighted by Crippen LogP contribution is -2.28. The summed E-state index contributed by atoms with van der Waals surface area (Å²) in [5.74, 6) is 0.393. The van der Waals surface area contributed by atoms with Gasteiger partial charge in [-0.05, 0) is 37.7 Å². The highest BCUT2D eigenvalue weighted by Gasteiger charge is 2.39. The molecule has 1 aliphatic carbocycles. The fourth-order valence-corrected chi connectivity index (χ4v) is 2.51. The first-order chi connectivity index (χ1) is 6.63. The van der Waals surface area contributed by atoms with Crippen LogP contribution in [0.25, 0.3) is 0 Å². The zero-order valence-corrected chi connectivity index (χ0v) is 8.96. The number of benzene rings is 1. The quantitative estimate of drug-likeness (QED) is 0.721. The monoisotopic (exact) mass is 190 g/mol. The molecule has 0 radical (unpaired) electrons. The lowest BCUT2D eigenvalue weighted by atomic mass is 9.84. The van der Waals surface area contributed by atoms with E-state index in [0.29, 0.717) is 5.92 Å². The minimum Gasteiger partial charge on any atom is -0.385 e. The maximum atomic E-state index is 10.6. The van der Waals surface area contributed by atoms with Crippen LogP contribution in [-0.4, -0.2) is 5.11 Å². The van der Waals surface area contributed by atoms with Crippen molar-refractivity contribution in [3.8, 4) is 0 Å². The van der Waals surface area contributed by atoms with E-state index in [9.17, 15) is 5.11 Å². The first-order valence-electron chi connectivity index (χ1n) is 5.42. The van der Waals surface area contributed by atoms with Crippen LogP contribution in [0.1, 0.15) is 37.3 Å². The molecule has 1 aliphatic rings. The van der Waals surface area contributed by atoms with Gasteiger partial charge in [-0.2, -0.15) is 0 Å². The standard InChI is InChI=1S/C13H18O/c1-10-5-3-7-12(9-10)13(14)8-4-6-11(13)2/h3,5,7,9,11,14H,4,6,8H2,1-2H3/t11-,13-/m1/s1. The van der Waals surface area contributed by atoms with E-state index < -0.39 is 5.60 Å². The van der Waals surface area contributed by atoms with Gasteiger partial charge in [-0.25, -0.2) is 0 Å². The van der Waals surface area contributed by atoms with Crippen LogP contribution < -0.4 is 0 Å². The van der Waals surface area contributed by atoms with Crippen LogP contribution in [0.3, 0.4) is 0 Å². The minimum atomic E-state index is -0.563. The summed E-state index contributed by atoms with van der Waals surface area (Å²) in [6.45, 7) is 4.22. The van der Waals surface area contributed by atoms with E-state index in [1.165, 1.54) is 5.56 Å². The minimum absolute atomic E-state index is 0.393. The highest BCUT2D eigenvalue weighted by atomic mass is 16.3. The number of hydrogen-bond donors (Lipinski definition) is 1. The molecule has 2 atom stereocenters. The Balaban J connectivity index is 2.38. The molecular weight excluding hydrogens is 172 g/mol. The molecule has 0 aromatic heterocycles. The van der Waals surface area contributed by atoms with E-state index in [2.05, 4.69) is 32.0 Å². The Labute approximate surface area is 85.8 Å². The molecule has 0 spiro atoms. The largest absolute Gasteiger partial charge is 0.385 e. The topological polar surface area (TPSA) is 20.2 Å². The molecule has 76 valence electrons. The highest BCUT2D eigenvalue weighted by Crippen LogP contribution is 2.43. The van der Waals surface area contributed by atoms with Crippen LogP contribution in [-0.2, 0) is 5.60 Å². The summed E-state index contributed by atoms with van der Waals surface area (Å²) < 4.78 is 0. The summed E-state index contributed by atoms with van der Waals surface area (Å²) in [5, 5.41) is 10.6. The summed E-state index contributed by atoms with van der Waals surface area (Å²) in [6, 6.07) is 8.27. The van der Waals surface area contributed by atoms with E-state index in [1.807, 2.05) is 6.07 Å². The maximum absolute atomic E-state index is 10.6. The summed E-state index contributed by atoms with van der Waals surface area (Å²) in [4.78, 5) is 0. The molecule has 0 aliphatic heterocycles. The molecule has 0 amide bonds. The lowest BCUT2D eigenvalue weighted by Gasteiger charge is -2.28. The third kappa shape index (κ3) is 1.46. The van der Waals surface area contributed by atoms with E-state index in [-0.39, 0.29) is 0 Å². The zero-order valence-electron chi connectivity index (χ0n) is 8.96. The molecule has 1 N–H and O–H groups in total. The van der Waals surface area contributed by atoms with Crippen LogP contribution in [0.2, 0.25) is 0 Å². The Hall–Kier alpha value is -0.820. The molecule has 2 rings (SSSR count). The van der Waals surface area contributed by atoms with Crippen LogP contribution in [0.5, 0.6) is 0 Å². The van der Waals surface area contributed by atoms with E-state index >= 15 is 0 Å². The molecule has 1 aromatic rings. The van der Waals surface area contributed by atoms with Crippen LogP contribution in [0, 0.1) is 12.8 Å². The van der Waals surface area contributed by atoms with Crippen LogP contribution in [0.4, 0.5) is 0 Å². The first-order valence-corrected chi connectivity index (χ1v) is 5.42. The second-order valence-corrected chi connectivity index (χ2v) is 4.59. The van der Waals surface area contributed by atoms with Crippen LogP contribution in [0.15, 0.2) is 24.3 Å². The molecule has 1 fully saturated rings. The molecule has 0 heterocycles. The van der Waals surface area contributed by atoms with Crippen molar-refractivity contribution in [1.82, 2.24) is 0 Å². The van der Waals surface area contributed by atoms with Gasteiger partial charge in [0.1, 0.15) is 0 Å². The number of hydrogen-bond acceptors (Lipinski definition) is 1. The van der Waals surface area contributed by atoms with Gasteiger partial charge in [0.2, 0.25) is 0 Å². The summed E-state index contributed by atoms with van der Waals surface area (Å²) >= 11 is 0. The zero-order chi connectivity index (χ0) is 10.2. The second kappa shape index (κ2) is 3.39. The molecule has 1 heteroatoms. The number of aliphatic hydroxyl groups is 1. The maximum Gasteiger partial charge on any atom is 0.0922 e. The third-order valence-electron chi connectivity index (χ3n) is 3.53. The molecule has 1 aromatic carbocycles. The van der Waals surface area contributed by atoms with Gasteiger partial charge in [0.25, 0.3) is 0 Å². The molecule has 14 heavy (non-hydrogen) atoms. The van der Waals surface area contributed by atoms with Gasteiger partial charge in [0.15, 0.2) is 0 Å². The van der Waals surface area contributed by atoms with Gasteiger partial charge in [-0.15, -0.1) is 0 Å². The molecule has 1 nitrogen and oxygen atoms in total. The fourth-order valence-electron chi connectivity index (χ4n) is 2.51. The predicted octanol–water partition coefficient (Wildman–Crippen LogP) is 3.00. The number of aryl methyl sites for hydroxylation is 1. The lowest BCUT2D eigenvalue weighted by molar-refractivity contribution is 0.00444. The summed E-state index contributed by atoms with van der Waals surface area (Å²) in [5.41, 5.74) is 1.77. The predicted molar refractivity (Wildman–Crippen MR) is 58.1 cm³/mol. The average molecular weight is 190 g/mol. The Morgan fingerprint density at radius 2 is 2.21 bits per heavy atom. The van der Waals surface area contributed by atoms with Crippen molar-refractivity contribution in [3.05, 3.63) is 35.4 Å². The van der Waals surface area contributed by atoms with Gasteiger partial charge in [0, 0.05) is 0 Å². The van der Waals surface area contributed by atoms with Crippen molar-refractivity contribution in [2.24, 2.45) is 5.92 Å². The molecule has 1 saturated carbocycles. The highest BCUT2D eigenvalue weighted by molar-refractivity contribution is 5.28. The fraction of sp³-hybridized carbons (Fsp3) is 0.538. The Morgan fingerprint density at radius 1 is 1.43 bits per heavy atom. The summed E-state index contributed by atoms with van der Waals surface area (Å²) in [7, 11) is 0. The van der Waals surface area contributed by atoms with Crippen molar-refractivity contribution >= 4 is 0 Å². The van der Waals surface area contributed by atoms with E-state index in [1.54, 1.807) is 0 Å². The smallest absolute Gasteiger partial charge is 0.0922 e. The number of rotatable bonds is 1. The van der Waals surface area contributed by atoms with Crippen molar-refractivity contribution in [2.45, 2.75) is 38.7 Å². The van der Waals surface area contributed by atoms with Crippen molar-refractivity contribution in [3.63, 3.8) is 0 Å². The van der Waals surface area contributed by atoms with Gasteiger partial charge < -0.3 is 5.11 Å². The van der Waals surface area contributed by atoms with Crippen molar-refractivity contribution < 1.29 is 5.11 Å². The van der Waals surface area contributed by atoms with Gasteiger partial charge in [0.05, 0.1) is 5.60 Å². The Kier molecular flexibility index (Phi) is 2.36. The Bertz CT molecular complexity index is 332. The third-order valence-corrected chi connectivity index (χ3v) is 3.53. The molecule has 0 bridgehead atoms. The van der Waals surface area contributed by atoms with Crippen molar-refractivity contribution in [2.75, 3.05) is 0 Å². The second-order valence-electron chi connectivity index (χ2n) is 4.59. The first kappa shape index (κ1) is 9.72. The molecule has 0 unspecified atom stereocenters. The van der Waals surface area contributed by atoms with Crippen LogP contribution >= 0.6 is 0 Å². The normalized spacial score (nSPS) is 32.1. The van der Waals surface area contributed by atoms with E-state index in [0.717, 1.165) is 24.8 Å². The van der Waals surface area contributed by atoms with Crippen molar-refractivity contribution in [1.29, 1.82) is 0 Å². The van der Waals surface area contributed by atoms with Gasteiger partial charge >= 0.3 is 0 Å². The molecule has 0 saturated heterocycles. The SMILES string of the molecule is Cc1cccc([C@@]2(O)CCC[C@H]2C)c1. The average Bonchev–Trinajstić information content (AvgIpc) is 2.49.